The van der Waals surface area contributed by atoms with Crippen LogP contribution in [0.4, 0.5) is 0 Å². The highest BCUT2D eigenvalue weighted by molar-refractivity contribution is 5.81. The lowest BCUT2D eigenvalue weighted by Crippen LogP contribution is -2.31. The normalized spacial score (nSPS) is 17.9. The van der Waals surface area contributed by atoms with Crippen LogP contribution in [0.15, 0.2) is 36.5 Å². The number of pyridine rings is 1. The van der Waals surface area contributed by atoms with E-state index in [0.29, 0.717) is 6.04 Å². The first-order valence-electron chi connectivity index (χ1n) is 7.40. The molecule has 1 aromatic heterocycles. The van der Waals surface area contributed by atoms with Gasteiger partial charge in [-0.25, -0.2) is 0 Å². The monoisotopic (exact) mass is 254 g/mol. The number of hydrogen-bond donors (Lipinski definition) is 1. The Bertz CT molecular complexity index is 538. The maximum Gasteiger partial charge on any atom is 0.0705 e. The van der Waals surface area contributed by atoms with Crippen molar-refractivity contribution < 1.29 is 0 Å². The fourth-order valence-corrected chi connectivity index (χ4v) is 3.20. The van der Waals surface area contributed by atoms with Gasteiger partial charge in [0, 0.05) is 24.2 Å². The molecule has 1 fully saturated rings. The van der Waals surface area contributed by atoms with E-state index < -0.39 is 0 Å². The van der Waals surface area contributed by atoms with Crippen LogP contribution >= 0.6 is 0 Å². The minimum atomic E-state index is 0.620. The lowest BCUT2D eigenvalue weighted by atomic mass is 9.99. The molecular formula is C17H22N2. The van der Waals surface area contributed by atoms with Gasteiger partial charge < -0.3 is 5.32 Å². The van der Waals surface area contributed by atoms with Gasteiger partial charge >= 0.3 is 0 Å². The third kappa shape index (κ3) is 2.79. The van der Waals surface area contributed by atoms with Crippen molar-refractivity contribution in [1.29, 1.82) is 0 Å². The number of aromatic nitrogens is 1. The lowest BCUT2D eigenvalue weighted by Gasteiger charge is -2.20. The van der Waals surface area contributed by atoms with Crippen LogP contribution in [0.1, 0.15) is 38.2 Å². The van der Waals surface area contributed by atoms with Gasteiger partial charge in [-0.3, -0.25) is 4.98 Å². The molecule has 0 spiro atoms. The average Bonchev–Trinajstić information content (AvgIpc) is 2.99. The smallest absolute Gasteiger partial charge is 0.0705 e. The molecule has 1 aliphatic rings. The summed E-state index contributed by atoms with van der Waals surface area (Å²) in [7, 11) is 0. The summed E-state index contributed by atoms with van der Waals surface area (Å²) in [4.78, 5) is 4.42. The number of hydrogen-bond acceptors (Lipinski definition) is 2. The van der Waals surface area contributed by atoms with E-state index in [9.17, 15) is 0 Å². The quantitative estimate of drug-likeness (QED) is 0.895. The molecule has 0 saturated heterocycles. The zero-order chi connectivity index (χ0) is 13.1. The zero-order valence-corrected chi connectivity index (χ0v) is 11.6. The molecule has 0 amide bonds. The van der Waals surface area contributed by atoms with Crippen LogP contribution in [0.2, 0.25) is 0 Å². The van der Waals surface area contributed by atoms with Crippen molar-refractivity contribution in [3.05, 3.63) is 42.1 Å². The van der Waals surface area contributed by atoms with E-state index >= 15 is 0 Å². The summed E-state index contributed by atoms with van der Waals surface area (Å²) in [6, 6.07) is 11.1. The van der Waals surface area contributed by atoms with Crippen molar-refractivity contribution >= 4 is 10.9 Å². The fourth-order valence-electron chi connectivity index (χ4n) is 3.20. The standard InChI is InChI=1S/C17H22N2/c1-13(14-6-2-3-7-14)19-12-15-10-11-18-17-9-5-4-8-16(15)17/h4-5,8-11,13-14,19H,2-3,6-7,12H2,1H3/t13-/m1/s1. The SMILES string of the molecule is C[C@@H](NCc1ccnc2ccccc12)C1CCCC1. The van der Waals surface area contributed by atoms with E-state index in [1.807, 2.05) is 12.3 Å². The van der Waals surface area contributed by atoms with E-state index in [1.165, 1.54) is 36.6 Å². The molecule has 0 unspecified atom stereocenters. The molecule has 0 radical (unpaired) electrons. The summed E-state index contributed by atoms with van der Waals surface area (Å²) >= 11 is 0. The Hall–Kier alpha value is -1.41. The van der Waals surface area contributed by atoms with Gasteiger partial charge in [0.05, 0.1) is 5.52 Å². The summed E-state index contributed by atoms with van der Waals surface area (Å²) in [5, 5.41) is 4.98. The second-order valence-corrected chi connectivity index (χ2v) is 5.70. The third-order valence-electron chi connectivity index (χ3n) is 4.46. The minimum absolute atomic E-state index is 0.620. The van der Waals surface area contributed by atoms with Crippen molar-refractivity contribution in [2.24, 2.45) is 5.92 Å². The van der Waals surface area contributed by atoms with Crippen molar-refractivity contribution in [3.8, 4) is 0 Å². The van der Waals surface area contributed by atoms with Crippen LogP contribution < -0.4 is 5.32 Å². The topological polar surface area (TPSA) is 24.9 Å². The predicted molar refractivity (Wildman–Crippen MR) is 80.0 cm³/mol. The number of rotatable bonds is 4. The van der Waals surface area contributed by atoms with Crippen molar-refractivity contribution in [2.75, 3.05) is 0 Å². The molecule has 0 bridgehead atoms. The summed E-state index contributed by atoms with van der Waals surface area (Å²) in [5.74, 6) is 0.869. The van der Waals surface area contributed by atoms with Crippen molar-refractivity contribution in [1.82, 2.24) is 10.3 Å². The van der Waals surface area contributed by atoms with E-state index in [1.54, 1.807) is 0 Å². The maximum absolute atomic E-state index is 4.42. The Morgan fingerprint density at radius 2 is 2.00 bits per heavy atom. The fraction of sp³-hybridized carbons (Fsp3) is 0.471. The molecule has 1 atom stereocenters. The highest BCUT2D eigenvalue weighted by atomic mass is 14.9. The second-order valence-electron chi connectivity index (χ2n) is 5.70. The highest BCUT2D eigenvalue weighted by Crippen LogP contribution is 2.27. The van der Waals surface area contributed by atoms with Gasteiger partial charge in [-0.1, -0.05) is 31.0 Å². The number of nitrogens with zero attached hydrogens (tertiary/aromatic N) is 1. The Balaban J connectivity index is 1.71. The number of para-hydroxylation sites is 1. The molecule has 1 saturated carbocycles. The van der Waals surface area contributed by atoms with Crippen LogP contribution in [0.5, 0.6) is 0 Å². The molecule has 2 aromatic rings. The zero-order valence-electron chi connectivity index (χ0n) is 11.6. The third-order valence-corrected chi connectivity index (χ3v) is 4.46. The van der Waals surface area contributed by atoms with Crippen LogP contribution in [0.3, 0.4) is 0 Å². The van der Waals surface area contributed by atoms with Gasteiger partial charge in [0.15, 0.2) is 0 Å². The number of fused-ring (bicyclic) bond motifs is 1. The van der Waals surface area contributed by atoms with Crippen LogP contribution in [0, 0.1) is 5.92 Å². The summed E-state index contributed by atoms with van der Waals surface area (Å²) < 4.78 is 0. The van der Waals surface area contributed by atoms with Gasteiger partial charge in [-0.15, -0.1) is 0 Å². The first-order chi connectivity index (χ1) is 9.34. The maximum atomic E-state index is 4.42. The summed E-state index contributed by atoms with van der Waals surface area (Å²) in [6.45, 7) is 3.28. The Kier molecular flexibility index (Phi) is 3.79. The molecule has 1 aliphatic carbocycles. The predicted octanol–water partition coefficient (Wildman–Crippen LogP) is 3.90. The van der Waals surface area contributed by atoms with Gasteiger partial charge in [-0.05, 0) is 43.4 Å². The molecule has 100 valence electrons. The summed E-state index contributed by atoms with van der Waals surface area (Å²) in [6.07, 6.45) is 7.53. The van der Waals surface area contributed by atoms with Gasteiger partial charge in [0.2, 0.25) is 0 Å². The molecule has 3 rings (SSSR count). The van der Waals surface area contributed by atoms with E-state index in [0.717, 1.165) is 18.0 Å². The van der Waals surface area contributed by atoms with Gasteiger partial charge in [0.1, 0.15) is 0 Å². The molecular weight excluding hydrogens is 232 g/mol. The second kappa shape index (κ2) is 5.70. The summed E-state index contributed by atoms with van der Waals surface area (Å²) in [5.41, 5.74) is 2.45. The molecule has 2 heteroatoms. The lowest BCUT2D eigenvalue weighted by molar-refractivity contribution is 0.381. The molecule has 1 aromatic carbocycles. The van der Waals surface area contributed by atoms with E-state index in [2.05, 4.69) is 41.5 Å². The van der Waals surface area contributed by atoms with E-state index in [4.69, 9.17) is 0 Å². The first-order valence-corrected chi connectivity index (χ1v) is 7.40. The van der Waals surface area contributed by atoms with Gasteiger partial charge in [-0.2, -0.15) is 0 Å². The molecule has 2 nitrogen and oxygen atoms in total. The molecule has 1 heterocycles. The number of benzene rings is 1. The Morgan fingerprint density at radius 1 is 1.21 bits per heavy atom. The molecule has 19 heavy (non-hydrogen) atoms. The van der Waals surface area contributed by atoms with Gasteiger partial charge in [0.25, 0.3) is 0 Å². The van der Waals surface area contributed by atoms with Crippen LogP contribution in [-0.2, 0) is 6.54 Å². The average molecular weight is 254 g/mol. The Morgan fingerprint density at radius 3 is 2.84 bits per heavy atom. The van der Waals surface area contributed by atoms with Crippen molar-refractivity contribution in [3.63, 3.8) is 0 Å². The van der Waals surface area contributed by atoms with Crippen LogP contribution in [-0.4, -0.2) is 11.0 Å². The highest BCUT2D eigenvalue weighted by Gasteiger charge is 2.20. The van der Waals surface area contributed by atoms with Crippen LogP contribution in [0.25, 0.3) is 10.9 Å². The molecule has 0 aliphatic heterocycles. The molecule has 1 N–H and O–H groups in total. The van der Waals surface area contributed by atoms with E-state index in [-0.39, 0.29) is 0 Å². The van der Waals surface area contributed by atoms with Crippen molar-refractivity contribution in [2.45, 2.75) is 45.2 Å². The number of nitrogens with one attached hydrogen (secondary N) is 1. The largest absolute Gasteiger partial charge is 0.310 e. The Labute approximate surface area is 115 Å². The first kappa shape index (κ1) is 12.6. The minimum Gasteiger partial charge on any atom is -0.310 e.